The third kappa shape index (κ3) is 6.28. The molecule has 1 aliphatic heterocycles. The molecule has 0 aromatic carbocycles. The largest absolute Gasteiger partial charge is 0.481 e. The Morgan fingerprint density at radius 1 is 0.842 bits per heavy atom. The van der Waals surface area contributed by atoms with Gasteiger partial charge in [0.25, 0.3) is 0 Å². The van der Waals surface area contributed by atoms with E-state index in [-0.39, 0.29) is 75.5 Å². The maximum Gasteiger partial charge on any atom is 0.309 e. The van der Waals surface area contributed by atoms with Crippen molar-refractivity contribution in [2.75, 3.05) is 13.1 Å². The minimum atomic E-state index is -1.13. The number of esters is 1. The topological polar surface area (TPSA) is 151 Å². The number of hydrogen-bond acceptors (Lipinski definition) is 7. The van der Waals surface area contributed by atoms with E-state index < -0.39 is 34.3 Å². The Kier molecular flexibility index (Phi) is 10.3. The molecule has 0 bridgehead atoms. The molecule has 10 nitrogen and oxygen atoms in total. The van der Waals surface area contributed by atoms with Crippen LogP contribution in [0.25, 0.3) is 0 Å². The van der Waals surface area contributed by atoms with E-state index in [1.54, 1.807) is 13.8 Å². The number of aliphatic carboxylic acids is 1. The molecule has 7 rings (SSSR count). The average molecular weight is 792 g/mol. The van der Waals surface area contributed by atoms with Crippen molar-refractivity contribution in [3.05, 3.63) is 11.1 Å². The molecule has 0 aromatic rings. The van der Waals surface area contributed by atoms with Crippen LogP contribution in [0.2, 0.25) is 0 Å². The van der Waals surface area contributed by atoms with Crippen LogP contribution in [0.3, 0.4) is 0 Å². The quantitative estimate of drug-likeness (QED) is 0.186. The number of ether oxygens (including phenoxy) is 1. The van der Waals surface area contributed by atoms with Crippen LogP contribution in [-0.2, 0) is 28.7 Å². The molecule has 1 unspecified atom stereocenters. The minimum Gasteiger partial charge on any atom is -0.481 e. The van der Waals surface area contributed by atoms with Crippen LogP contribution in [0.4, 0.5) is 0 Å². The lowest BCUT2D eigenvalue weighted by molar-refractivity contribution is -0.235. The van der Waals surface area contributed by atoms with Crippen LogP contribution < -0.4 is 16.0 Å². The second-order valence-corrected chi connectivity index (χ2v) is 22.7. The summed E-state index contributed by atoms with van der Waals surface area (Å²) in [5, 5.41) is 19.5. The molecule has 0 radical (unpaired) electrons. The van der Waals surface area contributed by atoms with E-state index in [1.807, 2.05) is 13.8 Å². The van der Waals surface area contributed by atoms with Crippen molar-refractivity contribution in [2.45, 2.75) is 170 Å². The van der Waals surface area contributed by atoms with Gasteiger partial charge in [0.1, 0.15) is 11.6 Å². The average Bonchev–Trinajstić information content (AvgIpc) is 3.41. The second kappa shape index (κ2) is 13.9. The van der Waals surface area contributed by atoms with Crippen LogP contribution in [0.5, 0.6) is 0 Å². The number of nitrogens with one attached hydrogen (secondary N) is 3. The number of carboxylic acid groups (broad SMARTS) is 1. The van der Waals surface area contributed by atoms with Crippen molar-refractivity contribution in [3.63, 3.8) is 0 Å². The second-order valence-electron chi connectivity index (χ2n) is 22.7. The number of carbonyl (C=O) groups excluding carboxylic acids is 4. The van der Waals surface area contributed by atoms with Gasteiger partial charge in [-0.2, -0.15) is 0 Å². The van der Waals surface area contributed by atoms with Crippen LogP contribution in [0, 0.1) is 68.5 Å². The van der Waals surface area contributed by atoms with Crippen molar-refractivity contribution in [1.82, 2.24) is 16.0 Å². The van der Waals surface area contributed by atoms with Gasteiger partial charge in [-0.1, -0.05) is 62.3 Å². The smallest absolute Gasteiger partial charge is 0.309 e. The van der Waals surface area contributed by atoms with Gasteiger partial charge >= 0.3 is 11.9 Å². The number of piperidine rings is 1. The lowest BCUT2D eigenvalue weighted by atomic mass is 9.33. The highest BCUT2D eigenvalue weighted by molar-refractivity contribution is 6.03. The van der Waals surface area contributed by atoms with Gasteiger partial charge in [-0.05, 0) is 147 Å². The van der Waals surface area contributed by atoms with Crippen molar-refractivity contribution < 1.29 is 33.8 Å². The molecule has 4 N–H and O–H groups in total. The van der Waals surface area contributed by atoms with Gasteiger partial charge in [-0.15, -0.1) is 0 Å². The highest BCUT2D eigenvalue weighted by Crippen LogP contribution is 2.76. The lowest BCUT2D eigenvalue weighted by Crippen LogP contribution is -2.68. The van der Waals surface area contributed by atoms with Gasteiger partial charge in [-0.25, -0.2) is 0 Å². The van der Waals surface area contributed by atoms with Gasteiger partial charge < -0.3 is 25.8 Å². The first-order valence-electron chi connectivity index (χ1n) is 22.4. The molecule has 11 atom stereocenters. The summed E-state index contributed by atoms with van der Waals surface area (Å²) in [6, 6.07) is 0. The van der Waals surface area contributed by atoms with Crippen molar-refractivity contribution in [1.29, 1.82) is 0 Å². The Labute approximate surface area is 341 Å². The molecule has 6 fully saturated rings. The van der Waals surface area contributed by atoms with Crippen LogP contribution >= 0.6 is 0 Å². The standard InChI is InChI=1S/C47H73N3O7/c1-26(2)35-31(51)24-47(50-40(56)43(7,8)49-37(52)27-13-12-22-48-25-27)21-20-45(10)28(36(35)47)14-15-33-44(9)18-17-34(42(5,6)32(44)16-19-46(33,45)11)57-39(55)30-23-29(38(53)54)41(30,3)4/h26-30,32-34,48H,12-25H2,1-11H3,(H,49,52)(H,50,56)(H,53,54)/t27?,28-,29+,30-,32+,33-,34+,44+,45-,46-,47-/m1/s1. The summed E-state index contributed by atoms with van der Waals surface area (Å²) < 4.78 is 6.41. The first-order valence-corrected chi connectivity index (χ1v) is 22.4. The van der Waals surface area contributed by atoms with E-state index in [0.29, 0.717) is 31.2 Å². The monoisotopic (exact) mass is 792 g/mol. The highest BCUT2D eigenvalue weighted by atomic mass is 16.5. The van der Waals surface area contributed by atoms with Crippen molar-refractivity contribution in [3.8, 4) is 0 Å². The van der Waals surface area contributed by atoms with Gasteiger partial charge in [0.05, 0.1) is 23.3 Å². The number of ketones is 1. The third-order valence-corrected chi connectivity index (χ3v) is 18.5. The van der Waals surface area contributed by atoms with Gasteiger partial charge in [-0.3, -0.25) is 24.0 Å². The first kappa shape index (κ1) is 42.4. The summed E-state index contributed by atoms with van der Waals surface area (Å²) >= 11 is 0. The maximum atomic E-state index is 14.4. The molecular weight excluding hydrogens is 719 g/mol. The molecule has 7 aliphatic rings. The van der Waals surface area contributed by atoms with E-state index in [1.165, 1.54) is 5.57 Å². The zero-order valence-corrected chi connectivity index (χ0v) is 36.9. The summed E-state index contributed by atoms with van der Waals surface area (Å²) in [6.07, 6.45) is 9.63. The summed E-state index contributed by atoms with van der Waals surface area (Å²) in [7, 11) is 0. The number of fused-ring (bicyclic) bond motifs is 7. The number of carboxylic acids is 1. The summed E-state index contributed by atoms with van der Waals surface area (Å²) in [5.41, 5.74) is -0.701. The molecule has 2 amide bonds. The van der Waals surface area contributed by atoms with Crippen molar-refractivity contribution in [2.24, 2.45) is 68.5 Å². The van der Waals surface area contributed by atoms with Crippen LogP contribution in [0.15, 0.2) is 11.1 Å². The predicted octanol–water partition coefficient (Wildman–Crippen LogP) is 7.39. The molecular formula is C47H73N3O7. The van der Waals surface area contributed by atoms with E-state index in [2.05, 4.69) is 64.4 Å². The Morgan fingerprint density at radius 2 is 1.54 bits per heavy atom. The number of amides is 2. The lowest BCUT2D eigenvalue weighted by Gasteiger charge is -2.72. The van der Waals surface area contributed by atoms with Gasteiger partial charge in [0.2, 0.25) is 11.8 Å². The van der Waals surface area contributed by atoms with Crippen LogP contribution in [-0.4, -0.2) is 64.9 Å². The number of Topliss-reactive ketones (excluding diaryl/α,β-unsaturated/α-hetero) is 1. The number of hydrogen-bond donors (Lipinski definition) is 4. The zero-order valence-electron chi connectivity index (χ0n) is 36.9. The molecule has 0 aromatic heterocycles. The molecule has 0 spiro atoms. The Bertz CT molecular complexity index is 1740. The Balaban J connectivity index is 1.13. The summed E-state index contributed by atoms with van der Waals surface area (Å²) in [4.78, 5) is 67.3. The van der Waals surface area contributed by atoms with Gasteiger partial charge in [0, 0.05) is 18.4 Å². The molecule has 318 valence electrons. The number of rotatable bonds is 8. The van der Waals surface area contributed by atoms with E-state index >= 15 is 0 Å². The molecule has 1 saturated heterocycles. The Hall–Kier alpha value is -2.75. The third-order valence-electron chi connectivity index (χ3n) is 18.5. The van der Waals surface area contributed by atoms with Crippen LogP contribution in [0.1, 0.15) is 153 Å². The summed E-state index contributed by atoms with van der Waals surface area (Å²) in [6.45, 7) is 25.3. The fraction of sp³-hybridized carbons (Fsp3) is 0.851. The molecule has 1 heterocycles. The number of carbonyl (C=O) groups is 5. The molecule has 10 heteroatoms. The van der Waals surface area contributed by atoms with E-state index in [9.17, 15) is 29.1 Å². The van der Waals surface area contributed by atoms with Crippen molar-refractivity contribution >= 4 is 29.5 Å². The fourth-order valence-electron chi connectivity index (χ4n) is 14.8. The minimum absolute atomic E-state index is 0.000726. The van der Waals surface area contributed by atoms with E-state index in [4.69, 9.17) is 4.74 Å². The van der Waals surface area contributed by atoms with Gasteiger partial charge in [0.15, 0.2) is 5.78 Å². The highest BCUT2D eigenvalue weighted by Gasteiger charge is 2.71. The molecule has 6 aliphatic carbocycles. The normalized spacial score (nSPS) is 42.1. The first-order chi connectivity index (χ1) is 26.4. The molecule has 5 saturated carbocycles. The molecule has 57 heavy (non-hydrogen) atoms. The van der Waals surface area contributed by atoms with E-state index in [0.717, 1.165) is 69.9 Å². The summed E-state index contributed by atoms with van der Waals surface area (Å²) in [5.74, 6) is -1.32. The maximum absolute atomic E-state index is 14.4. The predicted molar refractivity (Wildman–Crippen MR) is 219 cm³/mol. The fourth-order valence-corrected chi connectivity index (χ4v) is 14.8. The Morgan fingerprint density at radius 3 is 2.16 bits per heavy atom. The zero-order chi connectivity index (χ0) is 41.9. The number of allylic oxidation sites excluding steroid dienone is 1. The SMILES string of the molecule is CC(C)C1=C2[C@H]3CC[C@@H]4[C@@]5(C)CC[C@H](OC(=O)[C@H]6C[C@@H](C(=O)O)C6(C)C)C(C)(C)[C@@H]5CC[C@@]4(C)[C@]3(C)CC[C@@]2(NC(=O)C(C)(C)NC(=O)C2CCCNC2)CC1=O.